The van der Waals surface area contributed by atoms with Crippen molar-refractivity contribution in [2.75, 3.05) is 0 Å². The van der Waals surface area contributed by atoms with Crippen LogP contribution in [0.25, 0.3) is 0 Å². The van der Waals surface area contributed by atoms with E-state index in [9.17, 15) is 13.2 Å². The van der Waals surface area contributed by atoms with Crippen LogP contribution in [0, 0.1) is 5.92 Å². The first-order valence-corrected chi connectivity index (χ1v) is 4.97. The summed E-state index contributed by atoms with van der Waals surface area (Å²) in [5, 5.41) is 7.12. The molecule has 1 saturated carbocycles. The highest BCUT2D eigenvalue weighted by Crippen LogP contribution is 2.22. The number of carbonyl (C=O) groups is 1. The van der Waals surface area contributed by atoms with E-state index in [2.05, 4.69) is 6.58 Å². The molecule has 6 heteroatoms. The smallest absolute Gasteiger partial charge is 0.475 e. The van der Waals surface area contributed by atoms with E-state index in [1.54, 1.807) is 0 Å². The molecule has 16 heavy (non-hydrogen) atoms. The second-order valence-electron chi connectivity index (χ2n) is 3.65. The number of hydrogen-bond acceptors (Lipinski definition) is 2. The monoisotopic (exact) mass is 239 g/mol. The average molecular weight is 239 g/mol. The molecule has 0 heterocycles. The van der Waals surface area contributed by atoms with Crippen LogP contribution in [0.3, 0.4) is 0 Å². The van der Waals surface area contributed by atoms with E-state index in [1.807, 2.05) is 6.08 Å². The number of aliphatic carboxylic acids is 1. The predicted molar refractivity (Wildman–Crippen MR) is 53.8 cm³/mol. The molecule has 0 saturated heterocycles. The number of alkyl halides is 3. The van der Waals surface area contributed by atoms with E-state index in [4.69, 9.17) is 15.6 Å². The van der Waals surface area contributed by atoms with Crippen LogP contribution in [0.5, 0.6) is 0 Å². The molecule has 0 aromatic heterocycles. The van der Waals surface area contributed by atoms with Crippen molar-refractivity contribution >= 4 is 5.97 Å². The van der Waals surface area contributed by atoms with Gasteiger partial charge in [0.05, 0.1) is 0 Å². The van der Waals surface area contributed by atoms with Crippen molar-refractivity contribution in [3.63, 3.8) is 0 Å². The molecule has 0 amide bonds. The van der Waals surface area contributed by atoms with Gasteiger partial charge in [-0.15, -0.1) is 6.58 Å². The Morgan fingerprint density at radius 2 is 1.81 bits per heavy atom. The molecule has 0 aromatic rings. The lowest BCUT2D eigenvalue weighted by molar-refractivity contribution is -0.192. The molecular weight excluding hydrogens is 223 g/mol. The molecule has 2 atom stereocenters. The Balaban J connectivity index is 0.000000293. The van der Waals surface area contributed by atoms with Crippen LogP contribution in [-0.2, 0) is 4.79 Å². The van der Waals surface area contributed by atoms with E-state index >= 15 is 0 Å². The van der Waals surface area contributed by atoms with Gasteiger partial charge in [-0.05, 0) is 18.8 Å². The Kier molecular flexibility index (Phi) is 6.10. The van der Waals surface area contributed by atoms with E-state index < -0.39 is 12.1 Å². The first-order chi connectivity index (χ1) is 7.29. The zero-order valence-electron chi connectivity index (χ0n) is 8.83. The first-order valence-electron chi connectivity index (χ1n) is 4.97. The molecule has 0 bridgehead atoms. The lowest BCUT2D eigenvalue weighted by atomic mass is 9.85. The maximum Gasteiger partial charge on any atom is 0.490 e. The third-order valence-corrected chi connectivity index (χ3v) is 2.42. The van der Waals surface area contributed by atoms with Gasteiger partial charge in [0, 0.05) is 6.04 Å². The highest BCUT2D eigenvalue weighted by Gasteiger charge is 2.38. The number of carboxylic acid groups (broad SMARTS) is 1. The van der Waals surface area contributed by atoms with Gasteiger partial charge in [-0.1, -0.05) is 18.9 Å². The minimum Gasteiger partial charge on any atom is -0.475 e. The highest BCUT2D eigenvalue weighted by molar-refractivity contribution is 5.73. The van der Waals surface area contributed by atoms with Gasteiger partial charge >= 0.3 is 12.1 Å². The molecule has 2 unspecified atom stereocenters. The molecule has 94 valence electrons. The van der Waals surface area contributed by atoms with Crippen LogP contribution in [0.15, 0.2) is 12.7 Å². The second-order valence-corrected chi connectivity index (χ2v) is 3.65. The third kappa shape index (κ3) is 5.75. The Morgan fingerprint density at radius 3 is 2.06 bits per heavy atom. The second kappa shape index (κ2) is 6.52. The predicted octanol–water partition coefficient (Wildman–Crippen LogP) is 2.32. The number of halogens is 3. The Morgan fingerprint density at radius 1 is 1.38 bits per heavy atom. The molecule has 0 spiro atoms. The van der Waals surface area contributed by atoms with Crippen molar-refractivity contribution in [1.29, 1.82) is 0 Å². The molecule has 0 aliphatic heterocycles. The SMILES string of the molecule is C=CC1CCCCC1N.O=C(O)C(F)(F)F. The van der Waals surface area contributed by atoms with E-state index in [-0.39, 0.29) is 0 Å². The van der Waals surface area contributed by atoms with Crippen molar-refractivity contribution < 1.29 is 23.1 Å². The standard InChI is InChI=1S/C8H15N.C2HF3O2/c1-2-7-5-3-4-6-8(7)9;3-2(4,5)1(6)7/h2,7-8H,1,3-6,9H2;(H,6,7). The summed E-state index contributed by atoms with van der Waals surface area (Å²) >= 11 is 0. The van der Waals surface area contributed by atoms with Crippen molar-refractivity contribution in [3.8, 4) is 0 Å². The lowest BCUT2D eigenvalue weighted by Gasteiger charge is -2.25. The molecule has 1 fully saturated rings. The summed E-state index contributed by atoms with van der Waals surface area (Å²) in [6, 6.07) is 0.399. The Hall–Kier alpha value is -1.04. The summed E-state index contributed by atoms with van der Waals surface area (Å²) in [6.07, 6.45) is 2.01. The fraction of sp³-hybridized carbons (Fsp3) is 0.700. The van der Waals surface area contributed by atoms with Crippen molar-refractivity contribution in [2.45, 2.75) is 37.9 Å². The topological polar surface area (TPSA) is 63.3 Å². The Labute approximate surface area is 92.1 Å². The van der Waals surface area contributed by atoms with Gasteiger partial charge in [-0.2, -0.15) is 13.2 Å². The fourth-order valence-electron chi connectivity index (χ4n) is 1.48. The largest absolute Gasteiger partial charge is 0.490 e. The number of nitrogens with two attached hydrogens (primary N) is 1. The maximum atomic E-state index is 10.6. The molecular formula is C10H16F3NO2. The summed E-state index contributed by atoms with van der Waals surface area (Å²) in [7, 11) is 0. The van der Waals surface area contributed by atoms with Gasteiger partial charge in [-0.3, -0.25) is 0 Å². The normalized spacial score (nSPS) is 25.2. The van der Waals surface area contributed by atoms with Gasteiger partial charge in [0.15, 0.2) is 0 Å². The van der Waals surface area contributed by atoms with Gasteiger partial charge in [-0.25, -0.2) is 4.79 Å². The van der Waals surface area contributed by atoms with Crippen LogP contribution in [-0.4, -0.2) is 23.3 Å². The zero-order chi connectivity index (χ0) is 12.8. The van der Waals surface area contributed by atoms with Crippen molar-refractivity contribution in [1.82, 2.24) is 0 Å². The molecule has 3 N–H and O–H groups in total. The van der Waals surface area contributed by atoms with E-state index in [1.165, 1.54) is 25.7 Å². The first kappa shape index (κ1) is 15.0. The van der Waals surface area contributed by atoms with Crippen LogP contribution in [0.1, 0.15) is 25.7 Å². The maximum absolute atomic E-state index is 10.6. The molecule has 1 rings (SSSR count). The molecule has 3 nitrogen and oxygen atoms in total. The Bertz CT molecular complexity index is 241. The minimum absolute atomic E-state index is 0.399. The quantitative estimate of drug-likeness (QED) is 0.690. The van der Waals surface area contributed by atoms with Gasteiger partial charge in [0.25, 0.3) is 0 Å². The summed E-state index contributed by atoms with van der Waals surface area (Å²) in [5.41, 5.74) is 5.82. The number of rotatable bonds is 1. The average Bonchev–Trinajstić information content (AvgIpc) is 2.18. The van der Waals surface area contributed by atoms with Crippen LogP contribution < -0.4 is 5.73 Å². The third-order valence-electron chi connectivity index (χ3n) is 2.42. The van der Waals surface area contributed by atoms with Crippen LogP contribution in [0.4, 0.5) is 13.2 Å². The summed E-state index contributed by atoms with van der Waals surface area (Å²) < 4.78 is 31.7. The lowest BCUT2D eigenvalue weighted by Crippen LogP contribution is -2.31. The van der Waals surface area contributed by atoms with Crippen molar-refractivity contribution in [2.24, 2.45) is 11.7 Å². The minimum atomic E-state index is -5.08. The number of hydrogen-bond donors (Lipinski definition) is 2. The van der Waals surface area contributed by atoms with Gasteiger partial charge < -0.3 is 10.8 Å². The van der Waals surface area contributed by atoms with E-state index in [0.29, 0.717) is 12.0 Å². The zero-order valence-corrected chi connectivity index (χ0v) is 8.83. The highest BCUT2D eigenvalue weighted by atomic mass is 19.4. The van der Waals surface area contributed by atoms with E-state index in [0.717, 1.165) is 0 Å². The summed E-state index contributed by atoms with van der Waals surface area (Å²) in [5.74, 6) is -2.16. The van der Waals surface area contributed by atoms with Gasteiger partial charge in [0.1, 0.15) is 0 Å². The van der Waals surface area contributed by atoms with Crippen molar-refractivity contribution in [3.05, 3.63) is 12.7 Å². The molecule has 1 aliphatic carbocycles. The van der Waals surface area contributed by atoms with Crippen LogP contribution >= 0.6 is 0 Å². The summed E-state index contributed by atoms with van der Waals surface area (Å²) in [6.45, 7) is 3.75. The molecule has 0 radical (unpaired) electrons. The van der Waals surface area contributed by atoms with Crippen LogP contribution in [0.2, 0.25) is 0 Å². The number of carboxylic acids is 1. The fourth-order valence-corrected chi connectivity index (χ4v) is 1.48. The molecule has 1 aliphatic rings. The van der Waals surface area contributed by atoms with Gasteiger partial charge in [0.2, 0.25) is 0 Å². The summed E-state index contributed by atoms with van der Waals surface area (Å²) in [4.78, 5) is 8.90. The molecule has 0 aromatic carbocycles.